The number of rotatable bonds is 10. The Morgan fingerprint density at radius 2 is 1.90 bits per heavy atom. The van der Waals surface area contributed by atoms with E-state index in [9.17, 15) is 9.70 Å². The van der Waals surface area contributed by atoms with Gasteiger partial charge in [0, 0.05) is 111 Å². The van der Waals surface area contributed by atoms with E-state index in [0.29, 0.717) is 43.8 Å². The summed E-state index contributed by atoms with van der Waals surface area (Å²) < 4.78 is 10.5. The smallest absolute Gasteiger partial charge is 0.375 e. The van der Waals surface area contributed by atoms with Crippen molar-refractivity contribution in [3.05, 3.63) is 57.0 Å². The van der Waals surface area contributed by atoms with Crippen LogP contribution >= 0.6 is 11.3 Å². The molecule has 5 fully saturated rings. The highest BCUT2D eigenvalue weighted by Gasteiger charge is 2.48. The molecule has 2 saturated carbocycles. The van der Waals surface area contributed by atoms with Crippen molar-refractivity contribution in [1.29, 1.82) is 0 Å². The predicted molar refractivity (Wildman–Crippen MR) is 263 cm³/mol. The number of likely N-dealkylation sites (tertiary alicyclic amines) is 1. The Hall–Kier alpha value is -4.46. The fraction of sp³-hybridized carbons (Fsp3) is 0.640. The van der Waals surface area contributed by atoms with Crippen LogP contribution < -0.4 is 15.6 Å². The molecular formula is C50H69N11O5SSi+2. The van der Waals surface area contributed by atoms with E-state index < -0.39 is 23.7 Å². The second-order valence-electron chi connectivity index (χ2n) is 21.1. The number of ether oxygens (including phenoxy) is 1. The van der Waals surface area contributed by atoms with Gasteiger partial charge < -0.3 is 23.7 Å². The molecular weight excluding hydrogens is 895 g/mol. The lowest BCUT2D eigenvalue weighted by Crippen LogP contribution is -2.62. The number of thiazole rings is 1. The van der Waals surface area contributed by atoms with Gasteiger partial charge in [-0.3, -0.25) is 29.4 Å². The molecule has 18 heteroatoms. The number of pyridine rings is 1. The van der Waals surface area contributed by atoms with Gasteiger partial charge in [0.1, 0.15) is 24.1 Å². The summed E-state index contributed by atoms with van der Waals surface area (Å²) in [6.45, 7) is 17.3. The number of likely N-dealkylation sites (N-methyl/N-ethyl adjacent to an activating group) is 1. The van der Waals surface area contributed by atoms with E-state index >= 15 is 4.79 Å². The molecule has 1 aromatic carbocycles. The number of hydrogen-bond acceptors (Lipinski definition) is 12. The fourth-order valence-corrected chi connectivity index (χ4v) is 12.4. The van der Waals surface area contributed by atoms with Crippen molar-refractivity contribution >= 4 is 49.8 Å². The number of anilines is 1. The van der Waals surface area contributed by atoms with Gasteiger partial charge in [0.25, 0.3) is 5.91 Å². The van der Waals surface area contributed by atoms with Crippen LogP contribution in [0.25, 0.3) is 33.4 Å². The van der Waals surface area contributed by atoms with Gasteiger partial charge in [0.15, 0.2) is 6.61 Å². The molecule has 16 nitrogen and oxygen atoms in total. The molecule has 7 atom stereocenters. The maximum Gasteiger partial charge on any atom is 0.502 e. The zero-order valence-electron chi connectivity index (χ0n) is 40.9. The quantitative estimate of drug-likeness (QED) is 0.185. The van der Waals surface area contributed by atoms with Crippen molar-refractivity contribution in [3.63, 3.8) is 0 Å². The van der Waals surface area contributed by atoms with Crippen LogP contribution in [0, 0.1) is 22.2 Å². The number of methoxy groups -OCH3 is 1. The summed E-state index contributed by atoms with van der Waals surface area (Å²) in [7, 11) is 7.50. The number of fused-ring (bicyclic) bond motifs is 6. The fourth-order valence-electron chi connectivity index (χ4n) is 11.2. The van der Waals surface area contributed by atoms with Gasteiger partial charge in [-0.25, -0.2) is 9.82 Å². The summed E-state index contributed by atoms with van der Waals surface area (Å²) in [6.07, 6.45) is 6.93. The number of piperazine rings is 1. The Bertz CT molecular complexity index is 2590. The maximum absolute atomic E-state index is 15.1. The van der Waals surface area contributed by atoms with Crippen LogP contribution in [0.3, 0.4) is 0 Å². The third-order valence-corrected chi connectivity index (χ3v) is 16.9. The van der Waals surface area contributed by atoms with Gasteiger partial charge >= 0.3 is 16.2 Å². The maximum atomic E-state index is 15.1. The highest BCUT2D eigenvalue weighted by atomic mass is 32.1. The van der Waals surface area contributed by atoms with Crippen LogP contribution in [-0.4, -0.2) is 151 Å². The van der Waals surface area contributed by atoms with Crippen LogP contribution in [0.2, 0.25) is 0 Å². The van der Waals surface area contributed by atoms with Crippen molar-refractivity contribution in [2.45, 2.75) is 123 Å². The number of nitrogens with one attached hydrogen (secondary N) is 2. The largest absolute Gasteiger partial charge is 0.502 e. The molecule has 2 amide bonds. The third-order valence-electron chi connectivity index (χ3n) is 15.6. The molecule has 10 rings (SSSR count). The van der Waals surface area contributed by atoms with E-state index in [-0.39, 0.29) is 42.4 Å². The van der Waals surface area contributed by atoms with Crippen molar-refractivity contribution in [2.24, 2.45) is 17.3 Å². The lowest BCUT2D eigenvalue weighted by atomic mass is 9.84. The predicted octanol–water partition coefficient (Wildman–Crippen LogP) is 5.84. The van der Waals surface area contributed by atoms with E-state index in [1.807, 2.05) is 17.5 Å². The van der Waals surface area contributed by atoms with Crippen LogP contribution in [-0.2, 0) is 32.1 Å². The molecule has 6 aliphatic rings. The van der Waals surface area contributed by atoms with Gasteiger partial charge in [0.2, 0.25) is 10.8 Å². The van der Waals surface area contributed by atoms with E-state index in [0.717, 1.165) is 107 Å². The Labute approximate surface area is 407 Å². The molecule has 68 heavy (non-hydrogen) atoms. The second-order valence-corrected chi connectivity index (χ2v) is 22.7. The summed E-state index contributed by atoms with van der Waals surface area (Å²) in [6, 6.07) is 8.41. The molecule has 7 heterocycles. The van der Waals surface area contributed by atoms with Gasteiger partial charge in [-0.2, -0.15) is 5.43 Å². The Kier molecular flexibility index (Phi) is 13.2. The number of benzene rings is 1. The summed E-state index contributed by atoms with van der Waals surface area (Å²) in [5.41, 5.74) is 10.9. The highest BCUT2D eigenvalue weighted by Crippen LogP contribution is 2.44. The van der Waals surface area contributed by atoms with Crippen molar-refractivity contribution in [1.82, 2.24) is 40.1 Å². The molecule has 3 saturated heterocycles. The van der Waals surface area contributed by atoms with E-state index in [1.54, 1.807) is 7.11 Å². The molecule has 4 aliphatic heterocycles. The first-order chi connectivity index (χ1) is 32.7. The SMILES string of the molecule is CCn1c(-c2cc(N3CCN(C4CC4)CC3)cnc2[C@H](C)OC)c2c3cc(ccc31)-c1csc(n1)[C@@H](N1CC[C@H]([N+](C)=[Si])C1)[C@H](NC(=O)[C@H]1C[C@@H]1C)C(=O)N1CCC[C@H](N1)[N+](=O)OCC(C)(C)C2. The topological polar surface area (TPSA) is 143 Å². The molecule has 3 aromatic heterocycles. The number of carbonyl (C=O) groups excluding carboxylic acids is 2. The van der Waals surface area contributed by atoms with Crippen LogP contribution in [0.4, 0.5) is 5.69 Å². The molecule has 2 aliphatic carbocycles. The van der Waals surface area contributed by atoms with Gasteiger partial charge in [0.05, 0.1) is 52.6 Å². The van der Waals surface area contributed by atoms with Crippen LogP contribution in [0.15, 0.2) is 35.8 Å². The molecule has 2 radical (unpaired) electrons. The average molecular weight is 964 g/mol. The average Bonchev–Trinajstić information content (AvgIpc) is 4.18. The van der Waals surface area contributed by atoms with Gasteiger partial charge in [-0.15, -0.1) is 11.3 Å². The van der Waals surface area contributed by atoms with E-state index in [1.165, 1.54) is 29.2 Å². The molecule has 6 bridgehead atoms. The lowest BCUT2D eigenvalue weighted by Gasteiger charge is -2.37. The first kappa shape index (κ1) is 47.2. The van der Waals surface area contributed by atoms with E-state index in [4.69, 9.17) is 19.5 Å². The number of amides is 2. The third kappa shape index (κ3) is 9.32. The monoisotopic (exact) mass is 963 g/mol. The summed E-state index contributed by atoms with van der Waals surface area (Å²) in [4.78, 5) is 68.0. The molecule has 0 spiro atoms. The summed E-state index contributed by atoms with van der Waals surface area (Å²) >= 11 is 1.53. The minimum absolute atomic E-state index is 0.119. The molecule has 0 unspecified atom stereocenters. The minimum Gasteiger partial charge on any atom is -0.375 e. The lowest BCUT2D eigenvalue weighted by molar-refractivity contribution is -0.835. The van der Waals surface area contributed by atoms with Gasteiger partial charge in [-0.05, 0) is 75.6 Å². The number of nitrogens with zero attached hydrogens (tertiary/aromatic N) is 9. The molecule has 4 aromatic rings. The van der Waals surface area contributed by atoms with Gasteiger partial charge in [-0.1, -0.05) is 26.8 Å². The number of carbonyl (C=O) groups is 2. The Morgan fingerprint density at radius 1 is 1.12 bits per heavy atom. The summed E-state index contributed by atoms with van der Waals surface area (Å²) in [5, 5.41) is 8.76. The number of aryl methyl sites for hydroxylation is 1. The van der Waals surface area contributed by atoms with Crippen molar-refractivity contribution in [3.8, 4) is 22.5 Å². The molecule has 362 valence electrons. The first-order valence-electron chi connectivity index (χ1n) is 25.0. The standard InChI is InChI=1S/C50H68N11O5SSi/c1-8-59-41-14-11-32-23-37(41)39(45(59)38-24-35(26-51-43(38)31(3)65-7)57-20-18-56(19-21-57)33-12-13-33)25-50(4,5)29-66-61(64)42-10-9-16-60(54-42)49(63)44(53-47(62)36-22-30(36)2)46(48-52-40(32)28-67-48)58-17-15-34(27-58)55(6)68/h11,14,23-24,26,28,30-31,33-34,36,42,44,46,54H,8-10,12-13,15-22,25,27,29H2,1-7H3/q+1/p+1/t30-,31-,34-,36-,42+,44-,46-/m0/s1. The van der Waals surface area contributed by atoms with Crippen LogP contribution in [0.5, 0.6) is 0 Å². The zero-order valence-corrected chi connectivity index (χ0v) is 42.7. The minimum atomic E-state index is -0.955. The highest BCUT2D eigenvalue weighted by molar-refractivity contribution is 7.10. The number of aromatic nitrogens is 3. The van der Waals surface area contributed by atoms with E-state index in [2.05, 4.69) is 104 Å². The Balaban J connectivity index is 1.12. The Morgan fingerprint density at radius 3 is 2.59 bits per heavy atom. The molecule has 2 N–H and O–H groups in total. The normalized spacial score (nSPS) is 27.5. The second kappa shape index (κ2) is 19.0. The van der Waals surface area contributed by atoms with Crippen molar-refractivity contribution in [2.75, 3.05) is 71.5 Å². The zero-order chi connectivity index (χ0) is 47.6. The van der Waals surface area contributed by atoms with Crippen molar-refractivity contribution < 1.29 is 28.3 Å². The van der Waals surface area contributed by atoms with Crippen LogP contribution in [0.1, 0.15) is 102 Å². The number of hydrogen-bond donors (Lipinski definition) is 2. The first-order valence-corrected chi connectivity index (χ1v) is 26.3. The number of hydrazine groups is 1. The summed E-state index contributed by atoms with van der Waals surface area (Å²) in [5.74, 6) is -0.295.